The van der Waals surface area contributed by atoms with E-state index in [1.165, 1.54) is 10.5 Å². The van der Waals surface area contributed by atoms with Gasteiger partial charge in [-0.2, -0.15) is 5.10 Å². The number of aromatic nitrogens is 4. The van der Waals surface area contributed by atoms with Crippen molar-refractivity contribution in [1.29, 1.82) is 0 Å². The summed E-state index contributed by atoms with van der Waals surface area (Å²) in [6, 6.07) is 0. The van der Waals surface area contributed by atoms with Gasteiger partial charge >= 0.3 is 0 Å². The van der Waals surface area contributed by atoms with Crippen molar-refractivity contribution in [3.05, 3.63) is 40.0 Å². The Balaban J connectivity index is 1.62. The number of hydrogen-bond acceptors (Lipinski definition) is 4. The van der Waals surface area contributed by atoms with E-state index in [0.29, 0.717) is 11.5 Å². The van der Waals surface area contributed by atoms with Gasteiger partial charge in [-0.25, -0.2) is 4.98 Å². The predicted octanol–water partition coefficient (Wildman–Crippen LogP) is 3.07. The number of carbonyl (C=O) groups is 1. The van der Waals surface area contributed by atoms with Crippen molar-refractivity contribution in [2.45, 2.75) is 39.5 Å². The monoisotopic (exact) mass is 357 g/mol. The third-order valence-electron chi connectivity index (χ3n) is 5.06. The van der Waals surface area contributed by atoms with E-state index in [9.17, 15) is 4.79 Å². The van der Waals surface area contributed by atoms with Gasteiger partial charge < -0.3 is 4.90 Å². The maximum Gasteiger partial charge on any atom is 0.257 e. The molecule has 1 unspecified atom stereocenters. The van der Waals surface area contributed by atoms with Crippen LogP contribution in [0.2, 0.25) is 0 Å². The molecule has 0 radical (unpaired) electrons. The summed E-state index contributed by atoms with van der Waals surface area (Å²) in [7, 11) is 1.85. The molecule has 7 heteroatoms. The summed E-state index contributed by atoms with van der Waals surface area (Å²) in [6.45, 7) is 7.61. The van der Waals surface area contributed by atoms with Crippen LogP contribution in [0.25, 0.3) is 4.83 Å². The molecule has 1 aliphatic rings. The molecule has 1 aliphatic heterocycles. The van der Waals surface area contributed by atoms with Crippen LogP contribution >= 0.6 is 11.3 Å². The van der Waals surface area contributed by atoms with Crippen molar-refractivity contribution in [2.24, 2.45) is 7.05 Å². The second kappa shape index (κ2) is 5.98. The normalized spacial score (nSPS) is 18.2. The molecular weight excluding hydrogens is 334 g/mol. The summed E-state index contributed by atoms with van der Waals surface area (Å²) in [5.41, 5.74) is 3.88. The van der Waals surface area contributed by atoms with E-state index in [2.05, 4.69) is 28.7 Å². The van der Waals surface area contributed by atoms with Gasteiger partial charge in [0.1, 0.15) is 10.7 Å². The van der Waals surface area contributed by atoms with Gasteiger partial charge in [-0.1, -0.05) is 0 Å². The Bertz CT molecular complexity index is 950. The molecule has 1 amide bonds. The van der Waals surface area contributed by atoms with E-state index in [0.717, 1.165) is 43.1 Å². The van der Waals surface area contributed by atoms with Crippen LogP contribution in [0, 0.1) is 20.8 Å². The topological polar surface area (TPSA) is 55.4 Å². The van der Waals surface area contributed by atoms with Gasteiger partial charge in [0.25, 0.3) is 5.91 Å². The number of carbonyl (C=O) groups excluding carboxylic acids is 1. The number of fused-ring (bicyclic) bond motifs is 1. The van der Waals surface area contributed by atoms with Gasteiger partial charge in [0.15, 0.2) is 0 Å². The molecule has 4 rings (SSSR count). The van der Waals surface area contributed by atoms with Crippen molar-refractivity contribution in [3.8, 4) is 0 Å². The van der Waals surface area contributed by atoms with E-state index >= 15 is 0 Å². The fraction of sp³-hybridized carbons (Fsp3) is 0.500. The molecule has 1 atom stereocenters. The summed E-state index contributed by atoms with van der Waals surface area (Å²) < 4.78 is 3.94. The number of thiazole rings is 1. The van der Waals surface area contributed by atoms with E-state index in [-0.39, 0.29) is 5.91 Å². The molecule has 1 saturated heterocycles. The van der Waals surface area contributed by atoms with Gasteiger partial charge in [-0.3, -0.25) is 13.9 Å². The van der Waals surface area contributed by atoms with Crippen LogP contribution in [-0.2, 0) is 7.05 Å². The second-order valence-electron chi connectivity index (χ2n) is 6.95. The van der Waals surface area contributed by atoms with Crippen LogP contribution in [0.15, 0.2) is 11.6 Å². The molecule has 3 aromatic rings. The lowest BCUT2D eigenvalue weighted by Crippen LogP contribution is -2.39. The van der Waals surface area contributed by atoms with Crippen LogP contribution in [-0.4, -0.2) is 43.1 Å². The fourth-order valence-electron chi connectivity index (χ4n) is 3.89. The van der Waals surface area contributed by atoms with Crippen LogP contribution < -0.4 is 0 Å². The number of nitrogens with zero attached hydrogens (tertiary/aromatic N) is 5. The zero-order valence-corrected chi connectivity index (χ0v) is 15.9. The SMILES string of the molecule is Cc1nn(C)cc1C(=O)N1CCCC(c2nc(C)n3c(C)csc23)C1. The molecule has 0 saturated carbocycles. The molecular formula is C18H23N5OS. The Kier molecular flexibility index (Phi) is 3.91. The third-order valence-corrected chi connectivity index (χ3v) is 6.13. The number of imidazole rings is 1. The summed E-state index contributed by atoms with van der Waals surface area (Å²) in [5.74, 6) is 1.43. The fourth-order valence-corrected chi connectivity index (χ4v) is 4.99. The van der Waals surface area contributed by atoms with Crippen LogP contribution in [0.4, 0.5) is 0 Å². The molecule has 132 valence electrons. The van der Waals surface area contributed by atoms with Gasteiger partial charge in [0.05, 0.1) is 17.0 Å². The Morgan fingerprint density at radius 3 is 2.84 bits per heavy atom. The quantitative estimate of drug-likeness (QED) is 0.708. The van der Waals surface area contributed by atoms with E-state index in [4.69, 9.17) is 4.98 Å². The highest BCUT2D eigenvalue weighted by atomic mass is 32.1. The minimum atomic E-state index is 0.0878. The molecule has 0 aromatic carbocycles. The first kappa shape index (κ1) is 16.3. The first-order valence-electron chi connectivity index (χ1n) is 8.68. The van der Waals surface area contributed by atoms with Gasteiger partial charge in [-0.15, -0.1) is 11.3 Å². The summed E-state index contributed by atoms with van der Waals surface area (Å²) in [5, 5.41) is 6.49. The zero-order valence-electron chi connectivity index (χ0n) is 15.1. The molecule has 3 aromatic heterocycles. The number of piperidine rings is 1. The van der Waals surface area contributed by atoms with Crippen LogP contribution in [0.1, 0.15) is 52.0 Å². The maximum atomic E-state index is 12.9. The zero-order chi connectivity index (χ0) is 17.7. The van der Waals surface area contributed by atoms with Gasteiger partial charge in [0, 0.05) is 43.3 Å². The lowest BCUT2D eigenvalue weighted by atomic mass is 9.94. The third kappa shape index (κ3) is 2.66. The van der Waals surface area contributed by atoms with Crippen LogP contribution in [0.3, 0.4) is 0 Å². The minimum absolute atomic E-state index is 0.0878. The number of likely N-dealkylation sites (tertiary alicyclic amines) is 1. The smallest absolute Gasteiger partial charge is 0.257 e. The van der Waals surface area contributed by atoms with Gasteiger partial charge in [0.2, 0.25) is 0 Å². The van der Waals surface area contributed by atoms with E-state index in [1.54, 1.807) is 16.0 Å². The molecule has 1 fully saturated rings. The maximum absolute atomic E-state index is 12.9. The molecule has 0 aliphatic carbocycles. The minimum Gasteiger partial charge on any atom is -0.338 e. The Labute approximate surface area is 151 Å². The summed E-state index contributed by atoms with van der Waals surface area (Å²) in [6.07, 6.45) is 3.92. The Hall–Kier alpha value is -2.15. The molecule has 25 heavy (non-hydrogen) atoms. The molecule has 4 heterocycles. The van der Waals surface area contributed by atoms with Crippen molar-refractivity contribution in [3.63, 3.8) is 0 Å². The number of rotatable bonds is 2. The predicted molar refractivity (Wildman–Crippen MR) is 98.4 cm³/mol. The molecule has 0 bridgehead atoms. The number of hydrogen-bond donors (Lipinski definition) is 0. The summed E-state index contributed by atoms with van der Waals surface area (Å²) >= 11 is 1.75. The standard InChI is InChI=1S/C18H23N5OS/c1-11-10-25-18-16(19-13(3)23(11)18)14-6-5-7-22(8-14)17(24)15-9-21(4)20-12(15)2/h9-10,14H,5-8H2,1-4H3. The highest BCUT2D eigenvalue weighted by molar-refractivity contribution is 7.15. The van der Waals surface area contributed by atoms with Crippen LogP contribution in [0.5, 0.6) is 0 Å². The highest BCUT2D eigenvalue weighted by Crippen LogP contribution is 2.33. The lowest BCUT2D eigenvalue weighted by molar-refractivity contribution is 0.0705. The molecule has 0 N–H and O–H groups in total. The largest absolute Gasteiger partial charge is 0.338 e. The van der Waals surface area contributed by atoms with Crippen molar-refractivity contribution in [1.82, 2.24) is 24.1 Å². The average Bonchev–Trinajstić information content (AvgIpc) is 3.23. The van der Waals surface area contributed by atoms with Crippen molar-refractivity contribution < 1.29 is 4.79 Å². The summed E-state index contributed by atoms with van der Waals surface area (Å²) in [4.78, 5) is 21.0. The Morgan fingerprint density at radius 2 is 2.12 bits per heavy atom. The molecule has 6 nitrogen and oxygen atoms in total. The average molecular weight is 357 g/mol. The highest BCUT2D eigenvalue weighted by Gasteiger charge is 2.30. The van der Waals surface area contributed by atoms with E-state index in [1.807, 2.05) is 25.1 Å². The number of amides is 1. The van der Waals surface area contributed by atoms with Crippen molar-refractivity contribution >= 4 is 22.1 Å². The Morgan fingerprint density at radius 1 is 1.32 bits per heavy atom. The number of aryl methyl sites for hydroxylation is 4. The van der Waals surface area contributed by atoms with Crippen molar-refractivity contribution in [2.75, 3.05) is 13.1 Å². The van der Waals surface area contributed by atoms with E-state index < -0.39 is 0 Å². The van der Waals surface area contributed by atoms with Gasteiger partial charge in [-0.05, 0) is 33.6 Å². The first-order chi connectivity index (χ1) is 12.0. The second-order valence-corrected chi connectivity index (χ2v) is 7.81. The molecule has 0 spiro atoms. The lowest BCUT2D eigenvalue weighted by Gasteiger charge is -2.32. The first-order valence-corrected chi connectivity index (χ1v) is 9.56.